The molecule has 0 saturated carbocycles. The smallest absolute Gasteiger partial charge is 0.254 e. The molecule has 1 N–H and O–H groups in total. The van der Waals surface area contributed by atoms with Crippen molar-refractivity contribution in [3.63, 3.8) is 0 Å². The van der Waals surface area contributed by atoms with Crippen molar-refractivity contribution in [1.82, 2.24) is 10.1 Å². The van der Waals surface area contributed by atoms with E-state index >= 15 is 0 Å². The molecule has 8 nitrogen and oxygen atoms in total. The maximum absolute atomic E-state index is 14.8. The summed E-state index contributed by atoms with van der Waals surface area (Å²) in [6.07, 6.45) is 0. The lowest BCUT2D eigenvalue weighted by Crippen LogP contribution is -2.44. The zero-order valence-corrected chi connectivity index (χ0v) is 18.0. The fraction of sp³-hybridized carbons (Fsp3) is 0.261. The van der Waals surface area contributed by atoms with Crippen LogP contribution in [-0.4, -0.2) is 43.1 Å². The van der Waals surface area contributed by atoms with Crippen LogP contribution in [0.25, 0.3) is 0 Å². The Bertz CT molecular complexity index is 1190. The largest absolute Gasteiger partial charge is 0.493 e. The molecule has 4 rings (SSSR count). The second kappa shape index (κ2) is 8.33. The van der Waals surface area contributed by atoms with Gasteiger partial charge in [-0.05, 0) is 30.7 Å². The molecule has 0 bridgehead atoms. The van der Waals surface area contributed by atoms with Crippen LogP contribution >= 0.6 is 0 Å². The first-order valence-corrected chi connectivity index (χ1v) is 9.87. The molecule has 1 aliphatic rings. The molecular formula is C23H22FN3O5. The standard InChI is InChI=1S/C23H22FN3O5/c1-12-9-19(26-32-12)25-22(28)20-14-10-17(30-3)18(31-4)11-15(14)23(29)27(2)21(20)13-7-5-6-8-16(13)24/h5-11,20-21H,1-4H3,(H,25,26,28). The van der Waals surface area contributed by atoms with Crippen molar-refractivity contribution in [1.29, 1.82) is 0 Å². The van der Waals surface area contributed by atoms with Crippen LogP contribution in [0, 0.1) is 12.7 Å². The minimum absolute atomic E-state index is 0.222. The molecule has 3 aromatic rings. The van der Waals surface area contributed by atoms with Crippen molar-refractivity contribution in [3.05, 3.63) is 70.7 Å². The Labute approximate surface area is 183 Å². The van der Waals surface area contributed by atoms with Crippen LogP contribution in [0.2, 0.25) is 0 Å². The van der Waals surface area contributed by atoms with Crippen LogP contribution < -0.4 is 14.8 Å². The topological polar surface area (TPSA) is 93.9 Å². The first-order chi connectivity index (χ1) is 15.3. The number of nitrogens with one attached hydrogen (secondary N) is 1. The van der Waals surface area contributed by atoms with Crippen LogP contribution in [0.3, 0.4) is 0 Å². The van der Waals surface area contributed by atoms with Crippen molar-refractivity contribution < 1.29 is 28.0 Å². The van der Waals surface area contributed by atoms with Crippen LogP contribution in [0.4, 0.5) is 10.2 Å². The summed E-state index contributed by atoms with van der Waals surface area (Å²) in [6, 6.07) is 9.88. The molecule has 1 aromatic heterocycles. The summed E-state index contributed by atoms with van der Waals surface area (Å²) >= 11 is 0. The Morgan fingerprint density at radius 1 is 1.12 bits per heavy atom. The number of methoxy groups -OCH3 is 2. The van der Waals surface area contributed by atoms with E-state index in [0.717, 1.165) is 0 Å². The van der Waals surface area contributed by atoms with Gasteiger partial charge in [-0.15, -0.1) is 0 Å². The Hall–Kier alpha value is -3.88. The molecular weight excluding hydrogens is 417 g/mol. The van der Waals surface area contributed by atoms with Crippen LogP contribution in [0.5, 0.6) is 11.5 Å². The van der Waals surface area contributed by atoms with Crippen molar-refractivity contribution in [3.8, 4) is 11.5 Å². The number of aromatic nitrogens is 1. The van der Waals surface area contributed by atoms with Gasteiger partial charge in [0.2, 0.25) is 5.91 Å². The number of halogens is 1. The van der Waals surface area contributed by atoms with Gasteiger partial charge in [-0.2, -0.15) is 0 Å². The second-order valence-corrected chi connectivity index (χ2v) is 7.47. The third-order valence-electron chi connectivity index (χ3n) is 5.56. The van der Waals surface area contributed by atoms with Crippen molar-refractivity contribution >= 4 is 17.6 Å². The quantitative estimate of drug-likeness (QED) is 0.652. The number of benzene rings is 2. The summed E-state index contributed by atoms with van der Waals surface area (Å²) in [7, 11) is 4.46. The number of ether oxygens (including phenoxy) is 2. The summed E-state index contributed by atoms with van der Waals surface area (Å²) in [5.74, 6) is -0.864. The van der Waals surface area contributed by atoms with E-state index < -0.39 is 23.7 Å². The van der Waals surface area contributed by atoms with Gasteiger partial charge in [0.25, 0.3) is 5.91 Å². The highest BCUT2D eigenvalue weighted by atomic mass is 19.1. The van der Waals surface area contributed by atoms with Gasteiger partial charge in [0.15, 0.2) is 17.3 Å². The number of hydrogen-bond acceptors (Lipinski definition) is 6. The van der Waals surface area contributed by atoms with Crippen molar-refractivity contribution in [2.24, 2.45) is 0 Å². The highest BCUT2D eigenvalue weighted by molar-refractivity contribution is 6.04. The monoisotopic (exact) mass is 439 g/mol. The average Bonchev–Trinajstić information content (AvgIpc) is 3.20. The van der Waals surface area contributed by atoms with Gasteiger partial charge in [-0.25, -0.2) is 4.39 Å². The third-order valence-corrected chi connectivity index (χ3v) is 5.56. The van der Waals surface area contributed by atoms with Gasteiger partial charge in [0, 0.05) is 24.2 Å². The van der Waals surface area contributed by atoms with E-state index in [1.165, 1.54) is 31.3 Å². The normalized spacial score (nSPS) is 17.7. The first-order valence-electron chi connectivity index (χ1n) is 9.87. The van der Waals surface area contributed by atoms with Gasteiger partial charge in [-0.1, -0.05) is 23.4 Å². The van der Waals surface area contributed by atoms with Gasteiger partial charge >= 0.3 is 0 Å². The highest BCUT2D eigenvalue weighted by Gasteiger charge is 2.44. The molecule has 2 heterocycles. The number of carbonyl (C=O) groups is 2. The summed E-state index contributed by atoms with van der Waals surface area (Å²) in [5, 5.41) is 6.53. The van der Waals surface area contributed by atoms with E-state index in [4.69, 9.17) is 14.0 Å². The SMILES string of the molecule is COc1cc2c(cc1OC)C(C(=O)Nc1cc(C)on1)C(c1ccccc1F)N(C)C2=O. The van der Waals surface area contributed by atoms with E-state index in [1.807, 2.05) is 0 Å². The lowest BCUT2D eigenvalue weighted by Gasteiger charge is -2.40. The maximum Gasteiger partial charge on any atom is 0.254 e. The predicted molar refractivity (Wildman–Crippen MR) is 113 cm³/mol. The minimum atomic E-state index is -0.957. The second-order valence-electron chi connectivity index (χ2n) is 7.47. The van der Waals surface area contributed by atoms with Gasteiger partial charge in [0.05, 0.1) is 26.2 Å². The molecule has 32 heavy (non-hydrogen) atoms. The zero-order chi connectivity index (χ0) is 23.0. The molecule has 0 radical (unpaired) electrons. The van der Waals surface area contributed by atoms with Gasteiger partial charge < -0.3 is 24.2 Å². The Kier molecular flexibility index (Phi) is 5.56. The fourth-order valence-corrected chi connectivity index (χ4v) is 4.06. The molecule has 2 unspecified atom stereocenters. The number of amides is 2. The molecule has 2 amide bonds. The number of nitrogens with zero attached hydrogens (tertiary/aromatic N) is 2. The van der Waals surface area contributed by atoms with E-state index in [-0.39, 0.29) is 22.9 Å². The van der Waals surface area contributed by atoms with Crippen LogP contribution in [-0.2, 0) is 4.79 Å². The molecule has 0 spiro atoms. The summed E-state index contributed by atoms with van der Waals surface area (Å²) in [4.78, 5) is 28.1. The van der Waals surface area contributed by atoms with E-state index in [2.05, 4.69) is 10.5 Å². The highest BCUT2D eigenvalue weighted by Crippen LogP contribution is 2.46. The zero-order valence-electron chi connectivity index (χ0n) is 18.0. The van der Waals surface area contributed by atoms with Gasteiger partial charge in [0.1, 0.15) is 11.6 Å². The van der Waals surface area contributed by atoms with Crippen LogP contribution in [0.15, 0.2) is 47.0 Å². The number of hydrogen-bond donors (Lipinski definition) is 1. The number of likely N-dealkylation sites (N-methyl/N-ethyl adjacent to an activating group) is 1. The minimum Gasteiger partial charge on any atom is -0.493 e. The van der Waals surface area contributed by atoms with E-state index in [9.17, 15) is 14.0 Å². The Morgan fingerprint density at radius 2 is 1.81 bits per heavy atom. The molecule has 2 atom stereocenters. The number of carbonyl (C=O) groups excluding carboxylic acids is 2. The molecule has 0 aliphatic carbocycles. The number of fused-ring (bicyclic) bond motifs is 1. The average molecular weight is 439 g/mol. The predicted octanol–water partition coefficient (Wildman–Crippen LogP) is 3.69. The maximum atomic E-state index is 14.8. The molecule has 166 valence electrons. The van der Waals surface area contributed by atoms with E-state index in [0.29, 0.717) is 22.8 Å². The lowest BCUT2D eigenvalue weighted by molar-refractivity contribution is -0.119. The third kappa shape index (κ3) is 3.55. The molecule has 1 aliphatic heterocycles. The number of aryl methyl sites for hydroxylation is 1. The number of rotatable bonds is 5. The Balaban J connectivity index is 1.91. The molecule has 9 heteroatoms. The summed E-state index contributed by atoms with van der Waals surface area (Å²) in [5.41, 5.74) is 0.895. The molecule has 0 saturated heterocycles. The van der Waals surface area contributed by atoms with E-state index in [1.54, 1.807) is 44.3 Å². The van der Waals surface area contributed by atoms with Gasteiger partial charge in [-0.3, -0.25) is 9.59 Å². The summed E-state index contributed by atoms with van der Waals surface area (Å²) < 4.78 is 30.6. The summed E-state index contributed by atoms with van der Waals surface area (Å²) in [6.45, 7) is 1.70. The van der Waals surface area contributed by atoms with Crippen LogP contribution in [0.1, 0.15) is 39.2 Å². The lowest BCUT2D eigenvalue weighted by atomic mass is 9.79. The van der Waals surface area contributed by atoms with Crippen molar-refractivity contribution in [2.75, 3.05) is 26.6 Å². The number of anilines is 1. The fourth-order valence-electron chi connectivity index (χ4n) is 4.06. The molecule has 2 aromatic carbocycles. The Morgan fingerprint density at radius 3 is 2.44 bits per heavy atom. The van der Waals surface area contributed by atoms with Crippen molar-refractivity contribution in [2.45, 2.75) is 18.9 Å². The first kappa shape index (κ1) is 21.4. The molecule has 0 fully saturated rings.